The van der Waals surface area contributed by atoms with Gasteiger partial charge in [0.25, 0.3) is 0 Å². The van der Waals surface area contributed by atoms with Crippen molar-refractivity contribution in [1.29, 1.82) is 0 Å². The lowest BCUT2D eigenvalue weighted by molar-refractivity contribution is 0.0315. The standard InChI is InChI=1S/C17H21BrN2O3S/c1-24(21,22)12-17(7-9-23-10-8-17)11-19-15-6-5-13-3-2-4-14(18)16(13)20-15/h2-6H,7-12H2,1H3,(H,19,20). The van der Waals surface area contributed by atoms with E-state index in [1.807, 2.05) is 30.3 Å². The molecule has 5 nitrogen and oxygen atoms in total. The molecule has 1 aliphatic heterocycles. The molecule has 1 aliphatic rings. The maximum atomic E-state index is 11.8. The lowest BCUT2D eigenvalue weighted by Gasteiger charge is -2.36. The Morgan fingerprint density at radius 1 is 1.25 bits per heavy atom. The van der Waals surface area contributed by atoms with Crippen molar-refractivity contribution in [3.05, 3.63) is 34.8 Å². The van der Waals surface area contributed by atoms with E-state index in [4.69, 9.17) is 4.74 Å². The Morgan fingerprint density at radius 3 is 2.71 bits per heavy atom. The van der Waals surface area contributed by atoms with E-state index in [-0.39, 0.29) is 11.2 Å². The van der Waals surface area contributed by atoms with Crippen molar-refractivity contribution in [3.8, 4) is 0 Å². The quantitative estimate of drug-likeness (QED) is 0.815. The average molecular weight is 413 g/mol. The van der Waals surface area contributed by atoms with E-state index in [1.165, 1.54) is 6.26 Å². The van der Waals surface area contributed by atoms with Crippen molar-refractivity contribution in [2.45, 2.75) is 12.8 Å². The van der Waals surface area contributed by atoms with Gasteiger partial charge >= 0.3 is 0 Å². The third-order valence-electron chi connectivity index (χ3n) is 4.44. The number of aromatic nitrogens is 1. The minimum Gasteiger partial charge on any atom is -0.381 e. The summed E-state index contributed by atoms with van der Waals surface area (Å²) in [6.45, 7) is 1.79. The van der Waals surface area contributed by atoms with Crippen molar-refractivity contribution in [2.24, 2.45) is 5.41 Å². The second-order valence-corrected chi connectivity index (χ2v) is 9.54. The van der Waals surface area contributed by atoms with Gasteiger partial charge in [-0.25, -0.2) is 13.4 Å². The Kier molecular flexibility index (Phi) is 5.13. The molecule has 0 aliphatic carbocycles. The predicted octanol–water partition coefficient (Wildman–Crippen LogP) is 3.25. The van der Waals surface area contributed by atoms with Gasteiger partial charge in [0.05, 0.1) is 11.3 Å². The smallest absolute Gasteiger partial charge is 0.148 e. The average Bonchev–Trinajstić information content (AvgIpc) is 2.53. The van der Waals surface area contributed by atoms with Gasteiger partial charge in [-0.05, 0) is 47.0 Å². The van der Waals surface area contributed by atoms with Crippen LogP contribution in [0, 0.1) is 5.41 Å². The van der Waals surface area contributed by atoms with Gasteiger partial charge in [-0.1, -0.05) is 12.1 Å². The first-order valence-electron chi connectivity index (χ1n) is 7.92. The van der Waals surface area contributed by atoms with Crippen LogP contribution in [0.4, 0.5) is 5.82 Å². The number of fused-ring (bicyclic) bond motifs is 1. The van der Waals surface area contributed by atoms with Crippen LogP contribution >= 0.6 is 15.9 Å². The van der Waals surface area contributed by atoms with E-state index in [9.17, 15) is 8.42 Å². The van der Waals surface area contributed by atoms with Crippen LogP contribution in [0.2, 0.25) is 0 Å². The molecule has 1 saturated heterocycles. The number of pyridine rings is 1. The second-order valence-electron chi connectivity index (χ2n) is 6.54. The maximum Gasteiger partial charge on any atom is 0.148 e. The number of nitrogens with zero attached hydrogens (tertiary/aromatic N) is 1. The zero-order valence-corrected chi connectivity index (χ0v) is 16.0. The van der Waals surface area contributed by atoms with Gasteiger partial charge < -0.3 is 10.1 Å². The van der Waals surface area contributed by atoms with Gasteiger partial charge in [-0.15, -0.1) is 0 Å². The summed E-state index contributed by atoms with van der Waals surface area (Å²) in [5.74, 6) is 0.932. The normalized spacial score (nSPS) is 17.8. The highest BCUT2D eigenvalue weighted by Gasteiger charge is 2.35. The fourth-order valence-corrected chi connectivity index (χ4v) is 5.19. The molecule has 0 spiro atoms. The number of hydrogen-bond acceptors (Lipinski definition) is 5. The number of sulfone groups is 1. The molecule has 2 aromatic rings. The highest BCUT2D eigenvalue weighted by atomic mass is 79.9. The van der Waals surface area contributed by atoms with Crippen LogP contribution in [-0.2, 0) is 14.6 Å². The van der Waals surface area contributed by atoms with Crippen molar-refractivity contribution in [1.82, 2.24) is 4.98 Å². The minimum atomic E-state index is -3.05. The van der Waals surface area contributed by atoms with Crippen molar-refractivity contribution < 1.29 is 13.2 Å². The molecule has 0 radical (unpaired) electrons. The lowest BCUT2D eigenvalue weighted by atomic mass is 9.82. The third kappa shape index (κ3) is 4.26. The van der Waals surface area contributed by atoms with E-state index >= 15 is 0 Å². The predicted molar refractivity (Wildman–Crippen MR) is 100 cm³/mol. The van der Waals surface area contributed by atoms with Gasteiger partial charge in [0, 0.05) is 41.3 Å². The van der Waals surface area contributed by atoms with Crippen molar-refractivity contribution in [3.63, 3.8) is 0 Å². The summed E-state index contributed by atoms with van der Waals surface area (Å²) in [5, 5.41) is 4.41. The van der Waals surface area contributed by atoms with Crippen LogP contribution in [0.15, 0.2) is 34.8 Å². The van der Waals surface area contributed by atoms with Gasteiger partial charge in [0.1, 0.15) is 15.7 Å². The number of nitrogens with one attached hydrogen (secondary N) is 1. The molecule has 2 heterocycles. The van der Waals surface area contributed by atoms with Crippen molar-refractivity contribution in [2.75, 3.05) is 37.1 Å². The molecule has 1 aromatic heterocycles. The van der Waals surface area contributed by atoms with E-state index in [2.05, 4.69) is 26.2 Å². The Morgan fingerprint density at radius 2 is 2.00 bits per heavy atom. The highest BCUT2D eigenvalue weighted by molar-refractivity contribution is 9.10. The van der Waals surface area contributed by atoms with E-state index in [1.54, 1.807) is 0 Å². The SMILES string of the molecule is CS(=O)(=O)CC1(CNc2ccc3cccc(Br)c3n2)CCOCC1. The molecule has 130 valence electrons. The number of benzene rings is 1. The molecule has 0 atom stereocenters. The summed E-state index contributed by atoms with van der Waals surface area (Å²) < 4.78 is 30.1. The summed E-state index contributed by atoms with van der Waals surface area (Å²) in [5.41, 5.74) is 0.600. The molecular formula is C17H21BrN2O3S. The minimum absolute atomic E-state index is 0.174. The van der Waals surface area contributed by atoms with Gasteiger partial charge in [-0.3, -0.25) is 0 Å². The summed E-state index contributed by atoms with van der Waals surface area (Å²) in [7, 11) is -3.05. The largest absolute Gasteiger partial charge is 0.381 e. The summed E-state index contributed by atoms with van der Waals surface area (Å²) in [6.07, 6.45) is 2.78. The molecule has 0 bridgehead atoms. The molecule has 1 fully saturated rings. The van der Waals surface area contributed by atoms with Gasteiger partial charge in [0.2, 0.25) is 0 Å². The number of ether oxygens (including phenoxy) is 1. The third-order valence-corrected chi connectivity index (χ3v) is 6.21. The van der Waals surface area contributed by atoms with Crippen LogP contribution in [-0.4, -0.2) is 45.2 Å². The van der Waals surface area contributed by atoms with Crippen molar-refractivity contribution >= 4 is 42.5 Å². The summed E-state index contributed by atoms with van der Waals surface area (Å²) >= 11 is 3.52. The first-order chi connectivity index (χ1) is 11.4. The lowest BCUT2D eigenvalue weighted by Crippen LogP contribution is -2.41. The Labute approximate surface area is 150 Å². The number of hydrogen-bond donors (Lipinski definition) is 1. The van der Waals surface area contributed by atoms with Crippen LogP contribution in [0.3, 0.4) is 0 Å². The fourth-order valence-electron chi connectivity index (χ4n) is 3.22. The summed E-state index contributed by atoms with van der Waals surface area (Å²) in [4.78, 5) is 4.65. The maximum absolute atomic E-state index is 11.8. The Balaban J connectivity index is 1.80. The van der Waals surface area contributed by atoms with Crippen LogP contribution in [0.1, 0.15) is 12.8 Å². The molecule has 3 rings (SSSR count). The van der Waals surface area contributed by atoms with E-state index < -0.39 is 9.84 Å². The Bertz CT molecular complexity index is 833. The molecule has 0 saturated carbocycles. The molecule has 0 amide bonds. The first-order valence-corrected chi connectivity index (χ1v) is 10.8. The fraction of sp³-hybridized carbons (Fsp3) is 0.471. The van der Waals surface area contributed by atoms with E-state index in [0.717, 1.165) is 34.0 Å². The molecular weight excluding hydrogens is 392 g/mol. The van der Waals surface area contributed by atoms with Crippen LogP contribution in [0.25, 0.3) is 10.9 Å². The highest BCUT2D eigenvalue weighted by Crippen LogP contribution is 2.33. The zero-order valence-electron chi connectivity index (χ0n) is 13.6. The van der Waals surface area contributed by atoms with Gasteiger partial charge in [0.15, 0.2) is 0 Å². The molecule has 1 N–H and O–H groups in total. The number of rotatable bonds is 5. The monoisotopic (exact) mass is 412 g/mol. The van der Waals surface area contributed by atoms with Crippen LogP contribution < -0.4 is 5.32 Å². The topological polar surface area (TPSA) is 68.3 Å². The molecule has 1 aromatic carbocycles. The number of anilines is 1. The molecule has 24 heavy (non-hydrogen) atoms. The summed E-state index contributed by atoms with van der Waals surface area (Å²) in [6, 6.07) is 9.90. The number of halogens is 1. The van der Waals surface area contributed by atoms with Gasteiger partial charge in [-0.2, -0.15) is 0 Å². The molecule has 7 heteroatoms. The zero-order chi connectivity index (χ0) is 17.2. The van der Waals surface area contributed by atoms with Crippen LogP contribution in [0.5, 0.6) is 0 Å². The molecule has 0 unspecified atom stereocenters. The second kappa shape index (κ2) is 6.98. The first kappa shape index (κ1) is 17.6. The number of para-hydroxylation sites is 1. The van der Waals surface area contributed by atoms with E-state index in [0.29, 0.717) is 19.8 Å². The Hall–Kier alpha value is -1.18.